The largest absolute Gasteiger partial charge is 0.337 e. The Balaban J connectivity index is 1.99. The summed E-state index contributed by atoms with van der Waals surface area (Å²) in [7, 11) is 0. The molecule has 126 valence electrons. The van der Waals surface area contributed by atoms with Crippen LogP contribution in [-0.2, 0) is 16.1 Å². The van der Waals surface area contributed by atoms with E-state index in [0.717, 1.165) is 31.2 Å². The molecule has 23 heavy (non-hydrogen) atoms. The molecule has 5 nitrogen and oxygen atoms in total. The van der Waals surface area contributed by atoms with Gasteiger partial charge in [0.1, 0.15) is 0 Å². The lowest BCUT2D eigenvalue weighted by Crippen LogP contribution is -2.43. The van der Waals surface area contributed by atoms with Gasteiger partial charge in [-0.25, -0.2) is 0 Å². The van der Waals surface area contributed by atoms with Crippen molar-refractivity contribution in [1.29, 1.82) is 0 Å². The lowest BCUT2D eigenvalue weighted by atomic mass is 10.2. The number of carbonyl (C=O) groups is 2. The van der Waals surface area contributed by atoms with Crippen molar-refractivity contribution in [2.24, 2.45) is 5.73 Å². The Morgan fingerprint density at radius 2 is 1.96 bits per heavy atom. The van der Waals surface area contributed by atoms with Gasteiger partial charge in [-0.3, -0.25) is 9.59 Å². The van der Waals surface area contributed by atoms with E-state index in [1.54, 1.807) is 4.90 Å². The highest BCUT2D eigenvalue weighted by Crippen LogP contribution is 2.12. The molecule has 0 aromatic heterocycles. The molecule has 1 fully saturated rings. The lowest BCUT2D eigenvalue weighted by Gasteiger charge is -2.27. The van der Waals surface area contributed by atoms with Crippen LogP contribution >= 0.6 is 0 Å². The van der Waals surface area contributed by atoms with Gasteiger partial charge in [-0.05, 0) is 31.4 Å². The summed E-state index contributed by atoms with van der Waals surface area (Å²) >= 11 is 0. The van der Waals surface area contributed by atoms with Crippen molar-refractivity contribution < 1.29 is 9.59 Å². The second-order valence-corrected chi connectivity index (χ2v) is 6.07. The van der Waals surface area contributed by atoms with E-state index >= 15 is 0 Å². The molecule has 1 heterocycles. The number of nitrogens with zero attached hydrogens (tertiary/aromatic N) is 2. The smallest absolute Gasteiger partial charge is 0.242 e. The standard InChI is InChI=1S/C18H27N3O2/c19-11-7-13-20(14-16-8-3-1-4-9-16)18(23)15-21-12-6-2-5-10-17(21)22/h1,3-4,8-9H,2,5-7,10-15,19H2. The molecule has 1 aromatic carbocycles. The number of carbonyl (C=O) groups excluding carboxylic acids is 2. The number of hydrogen-bond donors (Lipinski definition) is 1. The first-order valence-electron chi connectivity index (χ1n) is 8.50. The van der Waals surface area contributed by atoms with Gasteiger partial charge in [0.05, 0.1) is 6.54 Å². The molecule has 1 saturated heterocycles. The van der Waals surface area contributed by atoms with E-state index in [-0.39, 0.29) is 18.4 Å². The van der Waals surface area contributed by atoms with Gasteiger partial charge in [-0.15, -0.1) is 0 Å². The van der Waals surface area contributed by atoms with Crippen molar-refractivity contribution in [3.63, 3.8) is 0 Å². The molecule has 0 bridgehead atoms. The lowest BCUT2D eigenvalue weighted by molar-refractivity contribution is -0.140. The molecule has 0 saturated carbocycles. The molecule has 2 amide bonds. The average Bonchev–Trinajstić information content (AvgIpc) is 2.77. The van der Waals surface area contributed by atoms with E-state index in [4.69, 9.17) is 5.73 Å². The topological polar surface area (TPSA) is 66.6 Å². The minimum atomic E-state index is 0.0116. The number of likely N-dealkylation sites (tertiary alicyclic amines) is 1. The van der Waals surface area contributed by atoms with Crippen LogP contribution < -0.4 is 5.73 Å². The molecule has 1 aliphatic heterocycles. The third-order valence-corrected chi connectivity index (χ3v) is 4.20. The minimum absolute atomic E-state index is 0.0116. The van der Waals surface area contributed by atoms with Gasteiger partial charge in [0.2, 0.25) is 11.8 Å². The van der Waals surface area contributed by atoms with Gasteiger partial charge in [-0.2, -0.15) is 0 Å². The first-order chi connectivity index (χ1) is 11.2. The summed E-state index contributed by atoms with van der Waals surface area (Å²) in [5.74, 6) is 0.117. The van der Waals surface area contributed by atoms with E-state index in [0.29, 0.717) is 32.6 Å². The van der Waals surface area contributed by atoms with Crippen LogP contribution in [0.25, 0.3) is 0 Å². The van der Waals surface area contributed by atoms with Crippen molar-refractivity contribution in [2.45, 2.75) is 38.6 Å². The zero-order chi connectivity index (χ0) is 16.5. The van der Waals surface area contributed by atoms with Crippen LogP contribution in [0.2, 0.25) is 0 Å². The van der Waals surface area contributed by atoms with Crippen molar-refractivity contribution in [2.75, 3.05) is 26.2 Å². The summed E-state index contributed by atoms with van der Waals surface area (Å²) in [6.45, 7) is 2.64. The number of hydrogen-bond acceptors (Lipinski definition) is 3. The summed E-state index contributed by atoms with van der Waals surface area (Å²) in [5, 5.41) is 0. The molecule has 0 radical (unpaired) electrons. The summed E-state index contributed by atoms with van der Waals surface area (Å²) in [6.07, 6.45) is 4.32. The Kier molecular flexibility index (Phi) is 7.07. The molecule has 2 N–H and O–H groups in total. The van der Waals surface area contributed by atoms with Crippen molar-refractivity contribution >= 4 is 11.8 Å². The Hall–Kier alpha value is -1.88. The summed E-state index contributed by atoms with van der Waals surface area (Å²) in [4.78, 5) is 28.3. The van der Waals surface area contributed by atoms with Crippen LogP contribution in [0, 0.1) is 0 Å². The Morgan fingerprint density at radius 3 is 2.70 bits per heavy atom. The van der Waals surface area contributed by atoms with Crippen molar-refractivity contribution in [1.82, 2.24) is 9.80 Å². The van der Waals surface area contributed by atoms with E-state index in [1.165, 1.54) is 0 Å². The second kappa shape index (κ2) is 9.30. The zero-order valence-electron chi connectivity index (χ0n) is 13.7. The van der Waals surface area contributed by atoms with Gasteiger partial charge in [0, 0.05) is 26.1 Å². The predicted octanol–water partition coefficient (Wildman–Crippen LogP) is 1.77. The molecule has 1 aromatic rings. The third-order valence-electron chi connectivity index (χ3n) is 4.20. The SMILES string of the molecule is NCCCN(Cc1ccccc1)C(=O)CN1CCCCCC1=O. The fourth-order valence-electron chi connectivity index (χ4n) is 2.85. The van der Waals surface area contributed by atoms with Crippen LogP contribution in [0.5, 0.6) is 0 Å². The number of nitrogens with two attached hydrogens (primary N) is 1. The van der Waals surface area contributed by atoms with E-state index in [2.05, 4.69) is 0 Å². The molecular weight excluding hydrogens is 290 g/mol. The van der Waals surface area contributed by atoms with Gasteiger partial charge in [0.25, 0.3) is 0 Å². The van der Waals surface area contributed by atoms with Gasteiger partial charge < -0.3 is 15.5 Å². The number of amides is 2. The number of rotatable bonds is 7. The molecule has 5 heteroatoms. The highest BCUT2D eigenvalue weighted by molar-refractivity contribution is 5.85. The molecule has 0 atom stereocenters. The van der Waals surface area contributed by atoms with Gasteiger partial charge >= 0.3 is 0 Å². The quantitative estimate of drug-likeness (QED) is 0.833. The molecular formula is C18H27N3O2. The zero-order valence-corrected chi connectivity index (χ0v) is 13.7. The fourth-order valence-corrected chi connectivity index (χ4v) is 2.85. The van der Waals surface area contributed by atoms with Crippen LogP contribution in [0.1, 0.15) is 37.7 Å². The Bertz CT molecular complexity index is 504. The molecule has 0 unspecified atom stereocenters. The van der Waals surface area contributed by atoms with Crippen LogP contribution in [0.15, 0.2) is 30.3 Å². The number of benzene rings is 1. The maximum Gasteiger partial charge on any atom is 0.242 e. The minimum Gasteiger partial charge on any atom is -0.337 e. The maximum atomic E-state index is 12.7. The van der Waals surface area contributed by atoms with E-state index < -0.39 is 0 Å². The summed E-state index contributed by atoms with van der Waals surface area (Å²) < 4.78 is 0. The van der Waals surface area contributed by atoms with Crippen LogP contribution in [-0.4, -0.2) is 47.8 Å². The average molecular weight is 317 g/mol. The summed E-state index contributed by atoms with van der Waals surface area (Å²) in [6, 6.07) is 9.93. The fraction of sp³-hybridized carbons (Fsp3) is 0.556. The molecule has 2 rings (SSSR count). The van der Waals surface area contributed by atoms with Crippen molar-refractivity contribution in [3.05, 3.63) is 35.9 Å². The molecule has 0 aliphatic carbocycles. The van der Waals surface area contributed by atoms with E-state index in [1.807, 2.05) is 35.2 Å². The predicted molar refractivity (Wildman–Crippen MR) is 90.6 cm³/mol. The molecule has 1 aliphatic rings. The highest BCUT2D eigenvalue weighted by Gasteiger charge is 2.22. The van der Waals surface area contributed by atoms with E-state index in [9.17, 15) is 9.59 Å². The third kappa shape index (κ3) is 5.67. The van der Waals surface area contributed by atoms with Gasteiger partial charge in [0.15, 0.2) is 0 Å². The molecule has 0 spiro atoms. The first kappa shape index (κ1) is 17.5. The van der Waals surface area contributed by atoms with Gasteiger partial charge in [-0.1, -0.05) is 36.8 Å². The highest BCUT2D eigenvalue weighted by atomic mass is 16.2. The monoisotopic (exact) mass is 317 g/mol. The first-order valence-corrected chi connectivity index (χ1v) is 8.50. The Morgan fingerprint density at radius 1 is 1.17 bits per heavy atom. The van der Waals surface area contributed by atoms with Crippen LogP contribution in [0.3, 0.4) is 0 Å². The Labute approximate surface area is 138 Å². The second-order valence-electron chi connectivity index (χ2n) is 6.07. The van der Waals surface area contributed by atoms with Crippen LogP contribution in [0.4, 0.5) is 0 Å². The maximum absolute atomic E-state index is 12.7. The normalized spacial score (nSPS) is 15.3. The summed E-state index contributed by atoms with van der Waals surface area (Å²) in [5.41, 5.74) is 6.69. The van der Waals surface area contributed by atoms with Crippen molar-refractivity contribution in [3.8, 4) is 0 Å².